The van der Waals surface area contributed by atoms with Crippen molar-refractivity contribution < 1.29 is 32.5 Å². The summed E-state index contributed by atoms with van der Waals surface area (Å²) < 4.78 is 54.9. The van der Waals surface area contributed by atoms with Crippen molar-refractivity contribution in [2.24, 2.45) is 5.73 Å². The van der Waals surface area contributed by atoms with Crippen molar-refractivity contribution in [1.82, 2.24) is 9.97 Å². The number of nitrogens with two attached hydrogens (primary N) is 1. The van der Waals surface area contributed by atoms with Crippen molar-refractivity contribution in [2.75, 3.05) is 13.7 Å². The number of aromatic nitrogens is 2. The van der Waals surface area contributed by atoms with Crippen molar-refractivity contribution in [2.45, 2.75) is 44.0 Å². The van der Waals surface area contributed by atoms with E-state index in [1.165, 1.54) is 13.2 Å². The highest BCUT2D eigenvalue weighted by Crippen LogP contribution is 2.48. The predicted octanol–water partition coefficient (Wildman–Crippen LogP) is 5.59. The quantitative estimate of drug-likeness (QED) is 0.288. The molecule has 0 saturated heterocycles. The van der Waals surface area contributed by atoms with Gasteiger partial charge in [0.05, 0.1) is 18.3 Å². The van der Waals surface area contributed by atoms with E-state index in [1.807, 2.05) is 6.92 Å². The Bertz CT molecular complexity index is 1600. The molecular weight excluding hydrogens is 523 g/mol. The summed E-state index contributed by atoms with van der Waals surface area (Å²) in [6.07, 6.45) is -5.14. The SMILES string of the molecule is COc1cc(C(=O)CCC(O)(c2cc3c(c(-c4ccc(C)cc4)n2)OCC3(C)N)C(F)(F)F)cc2cccnc12. The molecule has 10 heteroatoms. The highest BCUT2D eigenvalue weighted by Gasteiger charge is 2.56. The molecule has 0 bridgehead atoms. The third-order valence-electron chi connectivity index (χ3n) is 7.25. The number of aliphatic hydroxyl groups is 1. The second kappa shape index (κ2) is 9.87. The molecule has 2 aromatic carbocycles. The maximum Gasteiger partial charge on any atom is 0.422 e. The summed E-state index contributed by atoms with van der Waals surface area (Å²) in [6.45, 7) is 3.56. The Balaban J connectivity index is 1.56. The summed E-state index contributed by atoms with van der Waals surface area (Å²) in [7, 11) is 1.42. The van der Waals surface area contributed by atoms with E-state index < -0.39 is 41.6 Å². The van der Waals surface area contributed by atoms with Crippen molar-refractivity contribution in [3.63, 3.8) is 0 Å². The Morgan fingerprint density at radius 3 is 2.58 bits per heavy atom. The molecule has 3 heterocycles. The number of aryl methyl sites for hydroxylation is 1. The lowest BCUT2D eigenvalue weighted by Crippen LogP contribution is -2.44. The molecule has 0 saturated carbocycles. The highest BCUT2D eigenvalue weighted by molar-refractivity contribution is 6.01. The Hall–Kier alpha value is -4.02. The van der Waals surface area contributed by atoms with E-state index in [0.29, 0.717) is 27.8 Å². The number of hydrogen-bond donors (Lipinski definition) is 2. The molecule has 1 aliphatic rings. The number of alkyl halides is 3. The summed E-state index contributed by atoms with van der Waals surface area (Å²) in [4.78, 5) is 21.7. The van der Waals surface area contributed by atoms with Crippen LogP contribution in [0.3, 0.4) is 0 Å². The number of benzene rings is 2. The number of Topliss-reactive ketones (excluding diaryl/α,β-unsaturated/α-hetero) is 1. The summed E-state index contributed by atoms with van der Waals surface area (Å²) >= 11 is 0. The van der Waals surface area contributed by atoms with Gasteiger partial charge >= 0.3 is 6.18 Å². The number of halogens is 3. The van der Waals surface area contributed by atoms with Crippen LogP contribution in [0, 0.1) is 6.92 Å². The van der Waals surface area contributed by atoms with Crippen LogP contribution in [0.5, 0.6) is 11.5 Å². The molecule has 2 atom stereocenters. The molecule has 0 aliphatic carbocycles. The van der Waals surface area contributed by atoms with Crippen molar-refractivity contribution in [3.8, 4) is 22.8 Å². The normalized spacial score (nSPS) is 18.2. The molecule has 3 N–H and O–H groups in total. The zero-order valence-corrected chi connectivity index (χ0v) is 22.2. The lowest BCUT2D eigenvalue weighted by molar-refractivity contribution is -0.270. The Morgan fingerprint density at radius 1 is 1.18 bits per heavy atom. The van der Waals surface area contributed by atoms with E-state index in [4.69, 9.17) is 15.2 Å². The van der Waals surface area contributed by atoms with E-state index in [-0.39, 0.29) is 23.6 Å². The number of hydrogen-bond acceptors (Lipinski definition) is 7. The van der Waals surface area contributed by atoms with Crippen LogP contribution < -0.4 is 15.2 Å². The first-order valence-electron chi connectivity index (χ1n) is 12.6. The average Bonchev–Trinajstić information content (AvgIpc) is 3.24. The fourth-order valence-corrected chi connectivity index (χ4v) is 4.85. The smallest absolute Gasteiger partial charge is 0.422 e. The number of ether oxygens (including phenoxy) is 2. The van der Waals surface area contributed by atoms with Gasteiger partial charge in [0.15, 0.2) is 11.5 Å². The molecule has 5 rings (SSSR count). The van der Waals surface area contributed by atoms with Crippen molar-refractivity contribution in [3.05, 3.63) is 83.2 Å². The lowest BCUT2D eigenvalue weighted by Gasteiger charge is -2.31. The highest BCUT2D eigenvalue weighted by atomic mass is 19.4. The standard InChI is InChI=1S/C30H28F3N3O4/c1-17-6-8-18(9-7-17)26-27-21(28(2,34)16-40-27)15-24(36-26)29(38,30(31,32)33)11-10-22(37)20-13-19-5-4-12-35-25(19)23(14-20)39-3/h4-9,12-15,38H,10-11,16,34H2,1-3H3. The number of carbonyl (C=O) groups is 1. The number of nitrogens with zero attached hydrogens (tertiary/aromatic N) is 2. The minimum Gasteiger partial charge on any atom is -0.494 e. The molecular formula is C30H28F3N3O4. The molecule has 0 spiro atoms. The Kier molecular flexibility index (Phi) is 6.79. The van der Waals surface area contributed by atoms with Gasteiger partial charge in [0, 0.05) is 34.7 Å². The number of carbonyl (C=O) groups excluding carboxylic acids is 1. The van der Waals surface area contributed by atoms with Crippen LogP contribution in [0.2, 0.25) is 0 Å². The molecule has 4 aromatic rings. The number of methoxy groups -OCH3 is 1. The zero-order valence-electron chi connectivity index (χ0n) is 22.2. The van der Waals surface area contributed by atoms with Crippen LogP contribution in [-0.2, 0) is 11.1 Å². The van der Waals surface area contributed by atoms with Crippen molar-refractivity contribution >= 4 is 16.7 Å². The first-order valence-corrected chi connectivity index (χ1v) is 12.6. The second-order valence-electron chi connectivity index (χ2n) is 10.3. The maximum atomic E-state index is 14.6. The van der Waals surface area contributed by atoms with Gasteiger partial charge in [0.1, 0.15) is 23.6 Å². The predicted molar refractivity (Wildman–Crippen MR) is 143 cm³/mol. The average molecular weight is 552 g/mol. The summed E-state index contributed by atoms with van der Waals surface area (Å²) in [6, 6.07) is 14.6. The van der Waals surface area contributed by atoms with Crippen LogP contribution in [0.25, 0.3) is 22.2 Å². The summed E-state index contributed by atoms with van der Waals surface area (Å²) in [5, 5.41) is 11.8. The third-order valence-corrected chi connectivity index (χ3v) is 7.25. The molecule has 208 valence electrons. The van der Waals surface area contributed by atoms with Gasteiger partial charge in [0.2, 0.25) is 5.60 Å². The van der Waals surface area contributed by atoms with Gasteiger partial charge in [-0.25, -0.2) is 4.98 Å². The van der Waals surface area contributed by atoms with E-state index in [1.54, 1.807) is 55.6 Å². The molecule has 0 amide bonds. The fraction of sp³-hybridized carbons (Fsp3) is 0.300. The number of pyridine rings is 2. The van der Waals surface area contributed by atoms with Crippen molar-refractivity contribution in [1.29, 1.82) is 0 Å². The van der Waals surface area contributed by atoms with Gasteiger partial charge in [-0.2, -0.15) is 13.2 Å². The molecule has 0 fully saturated rings. The number of rotatable bonds is 7. The van der Waals surface area contributed by atoms with Crippen LogP contribution in [0.1, 0.15) is 46.9 Å². The largest absolute Gasteiger partial charge is 0.494 e. The number of fused-ring (bicyclic) bond motifs is 2. The van der Waals surface area contributed by atoms with Crippen LogP contribution in [0.4, 0.5) is 13.2 Å². The minimum atomic E-state index is -5.14. The van der Waals surface area contributed by atoms with Gasteiger partial charge < -0.3 is 20.3 Å². The molecule has 2 aromatic heterocycles. The molecule has 2 unspecified atom stereocenters. The van der Waals surface area contributed by atoms with Gasteiger partial charge in [-0.3, -0.25) is 9.78 Å². The van der Waals surface area contributed by atoms with E-state index >= 15 is 0 Å². The monoisotopic (exact) mass is 551 g/mol. The van der Waals surface area contributed by atoms with E-state index in [2.05, 4.69) is 9.97 Å². The van der Waals surface area contributed by atoms with Gasteiger partial charge in [-0.05, 0) is 44.5 Å². The Morgan fingerprint density at radius 2 is 1.90 bits per heavy atom. The molecule has 1 aliphatic heterocycles. The van der Waals surface area contributed by atoms with Gasteiger partial charge in [0.25, 0.3) is 0 Å². The molecule has 40 heavy (non-hydrogen) atoms. The first-order chi connectivity index (χ1) is 18.8. The van der Waals surface area contributed by atoms with Gasteiger partial charge in [-0.15, -0.1) is 0 Å². The van der Waals surface area contributed by atoms with Crippen LogP contribution in [0.15, 0.2) is 60.8 Å². The third kappa shape index (κ3) is 4.77. The van der Waals surface area contributed by atoms with E-state index in [9.17, 15) is 23.1 Å². The topological polar surface area (TPSA) is 108 Å². The second-order valence-corrected chi connectivity index (χ2v) is 10.3. The Labute approximate surface area is 228 Å². The maximum absolute atomic E-state index is 14.6. The molecule has 0 radical (unpaired) electrons. The number of ketones is 1. The van der Waals surface area contributed by atoms with Crippen LogP contribution >= 0.6 is 0 Å². The summed E-state index contributed by atoms with van der Waals surface area (Å²) in [5.41, 5.74) is 3.75. The summed E-state index contributed by atoms with van der Waals surface area (Å²) in [5.74, 6) is -0.00786. The zero-order chi connectivity index (χ0) is 28.9. The first kappa shape index (κ1) is 27.5. The van der Waals surface area contributed by atoms with Gasteiger partial charge in [-0.1, -0.05) is 35.9 Å². The lowest BCUT2D eigenvalue weighted by atomic mass is 9.86. The fourth-order valence-electron chi connectivity index (χ4n) is 4.85. The van der Waals surface area contributed by atoms with E-state index in [0.717, 1.165) is 11.6 Å². The molecule has 7 nitrogen and oxygen atoms in total. The minimum absolute atomic E-state index is 0.0356. The van der Waals surface area contributed by atoms with Crippen LogP contribution in [-0.4, -0.2) is 40.8 Å².